The van der Waals surface area contributed by atoms with Gasteiger partial charge in [0.15, 0.2) is 5.52 Å². The maximum Gasteiger partial charge on any atom is 0.298 e. The molecule has 3 rings (SSSR count). The van der Waals surface area contributed by atoms with Crippen molar-refractivity contribution < 1.29 is 4.52 Å². The molecule has 0 saturated carbocycles. The molecule has 0 spiro atoms. The van der Waals surface area contributed by atoms with Crippen LogP contribution in [0.1, 0.15) is 22.6 Å². The number of benzene rings is 1. The Morgan fingerprint density at radius 3 is 2.70 bits per heavy atom. The van der Waals surface area contributed by atoms with E-state index in [1.165, 1.54) is 15.8 Å². The maximum absolute atomic E-state index is 12.5. The van der Waals surface area contributed by atoms with Gasteiger partial charge in [-0.15, -0.1) is 0 Å². The van der Waals surface area contributed by atoms with E-state index in [0.29, 0.717) is 23.3 Å². The van der Waals surface area contributed by atoms with Gasteiger partial charge in [0.25, 0.3) is 5.56 Å². The van der Waals surface area contributed by atoms with Crippen LogP contribution >= 0.6 is 0 Å². The number of rotatable bonds is 4. The highest BCUT2D eigenvalue weighted by Crippen LogP contribution is 2.16. The van der Waals surface area contributed by atoms with E-state index in [4.69, 9.17) is 4.52 Å². The Bertz CT molecular complexity index is 911. The lowest BCUT2D eigenvalue weighted by atomic mass is 10.1. The minimum atomic E-state index is -0.223. The van der Waals surface area contributed by atoms with Gasteiger partial charge in [-0.05, 0) is 38.9 Å². The molecule has 120 valence electrons. The van der Waals surface area contributed by atoms with Gasteiger partial charge in [0.2, 0.25) is 0 Å². The summed E-state index contributed by atoms with van der Waals surface area (Å²) in [5.41, 5.74) is 3.34. The highest BCUT2D eigenvalue weighted by Gasteiger charge is 2.15. The largest absolute Gasteiger partial charge is 0.360 e. The fraction of sp³-hybridized carbons (Fsp3) is 0.353. The van der Waals surface area contributed by atoms with E-state index >= 15 is 0 Å². The van der Waals surface area contributed by atoms with Crippen molar-refractivity contribution in [3.8, 4) is 0 Å². The summed E-state index contributed by atoms with van der Waals surface area (Å²) in [4.78, 5) is 14.6. The zero-order valence-electron chi connectivity index (χ0n) is 13.8. The predicted octanol–water partition coefficient (Wildman–Crippen LogP) is 2.40. The molecule has 0 amide bonds. The molecule has 6 nitrogen and oxygen atoms in total. The van der Waals surface area contributed by atoms with Gasteiger partial charge in [-0.3, -0.25) is 9.69 Å². The first kappa shape index (κ1) is 15.4. The summed E-state index contributed by atoms with van der Waals surface area (Å²) in [5, 5.41) is 8.99. The summed E-state index contributed by atoms with van der Waals surface area (Å²) in [7, 11) is 1.97. The fourth-order valence-electron chi connectivity index (χ4n) is 2.80. The Hall–Kier alpha value is -2.47. The first-order chi connectivity index (χ1) is 11.0. The van der Waals surface area contributed by atoms with Crippen molar-refractivity contribution in [1.29, 1.82) is 0 Å². The van der Waals surface area contributed by atoms with Crippen LogP contribution in [0.2, 0.25) is 0 Å². The number of nitrogens with zero attached hydrogens (tertiary/aromatic N) is 4. The van der Waals surface area contributed by atoms with Crippen LogP contribution in [0.25, 0.3) is 10.9 Å². The van der Waals surface area contributed by atoms with E-state index in [-0.39, 0.29) is 5.56 Å². The second-order valence-corrected chi connectivity index (χ2v) is 5.93. The van der Waals surface area contributed by atoms with Crippen molar-refractivity contribution >= 4 is 10.9 Å². The first-order valence-corrected chi connectivity index (χ1v) is 7.54. The second kappa shape index (κ2) is 5.96. The van der Waals surface area contributed by atoms with Crippen LogP contribution in [-0.4, -0.2) is 26.9 Å². The highest BCUT2D eigenvalue weighted by atomic mass is 16.5. The molecular weight excluding hydrogens is 292 g/mol. The van der Waals surface area contributed by atoms with Crippen LogP contribution in [0.3, 0.4) is 0 Å². The third-order valence-corrected chi connectivity index (χ3v) is 4.01. The molecule has 3 aromatic rings. The first-order valence-electron chi connectivity index (χ1n) is 7.54. The van der Waals surface area contributed by atoms with Gasteiger partial charge in [-0.1, -0.05) is 29.4 Å². The minimum Gasteiger partial charge on any atom is -0.360 e. The average Bonchev–Trinajstić information content (AvgIpc) is 2.89. The van der Waals surface area contributed by atoms with Gasteiger partial charge >= 0.3 is 0 Å². The fourth-order valence-corrected chi connectivity index (χ4v) is 2.80. The molecule has 23 heavy (non-hydrogen) atoms. The van der Waals surface area contributed by atoms with Gasteiger partial charge in [0.05, 0.1) is 17.7 Å². The molecule has 0 aliphatic heterocycles. The molecule has 0 saturated heterocycles. The van der Waals surface area contributed by atoms with Crippen molar-refractivity contribution in [3.63, 3.8) is 0 Å². The Morgan fingerprint density at radius 1 is 1.22 bits per heavy atom. The zero-order chi connectivity index (χ0) is 16.6. The lowest BCUT2D eigenvalue weighted by Gasteiger charge is -2.18. The van der Waals surface area contributed by atoms with Gasteiger partial charge in [-0.2, -0.15) is 5.10 Å². The van der Waals surface area contributed by atoms with Gasteiger partial charge in [0, 0.05) is 6.54 Å². The number of hydrogen-bond acceptors (Lipinski definition) is 5. The molecule has 0 unspecified atom stereocenters. The molecule has 1 aromatic carbocycles. The van der Waals surface area contributed by atoms with E-state index in [1.807, 2.05) is 26.1 Å². The standard InChI is InChI=1S/C17H20N4O2/c1-11-7-5-6-8-14(11)9-20(4)10-21-17(22)16-15(12(2)18-21)13(3)23-19-16/h5-8H,9-10H2,1-4H3. The molecule has 0 aliphatic rings. The summed E-state index contributed by atoms with van der Waals surface area (Å²) < 4.78 is 6.57. The lowest BCUT2D eigenvalue weighted by Crippen LogP contribution is -2.32. The molecule has 0 radical (unpaired) electrons. The average molecular weight is 312 g/mol. The smallest absolute Gasteiger partial charge is 0.298 e. The highest BCUT2D eigenvalue weighted by molar-refractivity contribution is 5.81. The SMILES string of the molecule is Cc1ccccc1CN(C)Cn1nc(C)c2c(C)onc2c1=O. The normalized spacial score (nSPS) is 11.5. The van der Waals surface area contributed by atoms with E-state index < -0.39 is 0 Å². The summed E-state index contributed by atoms with van der Waals surface area (Å²) in [5.74, 6) is 0.627. The molecule has 0 aliphatic carbocycles. The van der Waals surface area contributed by atoms with Crippen molar-refractivity contribution in [3.05, 3.63) is 57.2 Å². The van der Waals surface area contributed by atoms with Gasteiger partial charge < -0.3 is 4.52 Å². The molecule has 6 heteroatoms. The number of aromatic nitrogens is 3. The van der Waals surface area contributed by atoms with Crippen molar-refractivity contribution in [2.75, 3.05) is 7.05 Å². The van der Waals surface area contributed by atoms with Crippen LogP contribution < -0.4 is 5.56 Å². The molecule has 0 fully saturated rings. The second-order valence-electron chi connectivity index (χ2n) is 5.93. The molecule has 2 aromatic heterocycles. The summed E-state index contributed by atoms with van der Waals surface area (Å²) in [6.07, 6.45) is 0. The lowest BCUT2D eigenvalue weighted by molar-refractivity contribution is 0.239. The number of aryl methyl sites for hydroxylation is 3. The molecule has 0 atom stereocenters. The van der Waals surface area contributed by atoms with Crippen molar-refractivity contribution in [2.45, 2.75) is 34.0 Å². The van der Waals surface area contributed by atoms with Crippen LogP contribution in [-0.2, 0) is 13.2 Å². The molecule has 0 N–H and O–H groups in total. The van der Waals surface area contributed by atoms with E-state index in [9.17, 15) is 4.79 Å². The Kier molecular flexibility index (Phi) is 4.00. The van der Waals surface area contributed by atoms with Crippen molar-refractivity contribution in [1.82, 2.24) is 19.8 Å². The number of fused-ring (bicyclic) bond motifs is 1. The minimum absolute atomic E-state index is 0.223. The topological polar surface area (TPSA) is 64.2 Å². The van der Waals surface area contributed by atoms with Crippen LogP contribution in [0.4, 0.5) is 0 Å². The Morgan fingerprint density at radius 2 is 1.96 bits per heavy atom. The van der Waals surface area contributed by atoms with Crippen LogP contribution in [0, 0.1) is 20.8 Å². The van der Waals surface area contributed by atoms with Crippen LogP contribution in [0.15, 0.2) is 33.6 Å². The molecule has 0 bridgehead atoms. The van der Waals surface area contributed by atoms with Gasteiger partial charge in [0.1, 0.15) is 5.76 Å². The van der Waals surface area contributed by atoms with E-state index in [1.54, 1.807) is 6.92 Å². The molecule has 2 heterocycles. The maximum atomic E-state index is 12.5. The number of hydrogen-bond donors (Lipinski definition) is 0. The quantitative estimate of drug-likeness (QED) is 0.740. The van der Waals surface area contributed by atoms with E-state index in [0.717, 1.165) is 12.2 Å². The third kappa shape index (κ3) is 2.90. The van der Waals surface area contributed by atoms with Crippen LogP contribution in [0.5, 0.6) is 0 Å². The van der Waals surface area contributed by atoms with E-state index in [2.05, 4.69) is 34.2 Å². The zero-order valence-corrected chi connectivity index (χ0v) is 13.8. The Balaban J connectivity index is 1.88. The van der Waals surface area contributed by atoms with Crippen molar-refractivity contribution in [2.24, 2.45) is 0 Å². The summed E-state index contributed by atoms with van der Waals surface area (Å²) >= 11 is 0. The Labute approximate surface area is 134 Å². The summed E-state index contributed by atoms with van der Waals surface area (Å²) in [6.45, 7) is 6.88. The predicted molar refractivity (Wildman–Crippen MR) is 88.2 cm³/mol. The summed E-state index contributed by atoms with van der Waals surface area (Å²) in [6, 6.07) is 8.23. The van der Waals surface area contributed by atoms with Gasteiger partial charge in [-0.25, -0.2) is 4.68 Å². The third-order valence-electron chi connectivity index (χ3n) is 4.01. The monoisotopic (exact) mass is 312 g/mol. The molecular formula is C17H20N4O2.